The lowest BCUT2D eigenvalue weighted by molar-refractivity contribution is -0.116. The number of aryl methyl sites for hydroxylation is 1. The Balaban J connectivity index is 2.20. The molecular weight excluding hydrogens is 286 g/mol. The van der Waals surface area contributed by atoms with Crippen LogP contribution in [0.3, 0.4) is 0 Å². The topological polar surface area (TPSA) is 84.2 Å². The van der Waals surface area contributed by atoms with Gasteiger partial charge in [0.2, 0.25) is 5.91 Å². The monoisotopic (exact) mass is 309 g/mol. The Hall–Kier alpha value is -1.40. The smallest absolute Gasteiger partial charge is 0.254 e. The first-order chi connectivity index (χ1) is 10.0. The number of hydrogen-bond donors (Lipinski definition) is 3. The minimum absolute atomic E-state index is 0.0298. The summed E-state index contributed by atoms with van der Waals surface area (Å²) in [6, 6.07) is 0. The molecule has 0 bridgehead atoms. The minimum Gasteiger partial charge on any atom is -0.351 e. The molecule has 0 aliphatic heterocycles. The maximum Gasteiger partial charge on any atom is 0.254 e. The van der Waals surface area contributed by atoms with Gasteiger partial charge in [-0.3, -0.25) is 9.59 Å². The minimum atomic E-state index is -0.125. The Morgan fingerprint density at radius 3 is 2.76 bits per heavy atom. The molecule has 2 amide bonds. The Kier molecular flexibility index (Phi) is 5.36. The van der Waals surface area contributed by atoms with Gasteiger partial charge in [-0.1, -0.05) is 13.8 Å². The molecule has 116 valence electrons. The highest BCUT2D eigenvalue weighted by atomic mass is 32.1. The van der Waals surface area contributed by atoms with Crippen LogP contribution >= 0.6 is 11.3 Å². The third kappa shape index (κ3) is 3.83. The molecule has 0 fully saturated rings. The second kappa shape index (κ2) is 7.04. The van der Waals surface area contributed by atoms with Crippen LogP contribution in [0.1, 0.15) is 47.5 Å². The van der Waals surface area contributed by atoms with Crippen molar-refractivity contribution in [2.45, 2.75) is 39.5 Å². The fourth-order valence-electron chi connectivity index (χ4n) is 2.56. The van der Waals surface area contributed by atoms with Crippen molar-refractivity contribution < 1.29 is 9.59 Å². The number of nitrogens with two attached hydrogens (primary N) is 1. The van der Waals surface area contributed by atoms with E-state index < -0.39 is 0 Å². The Morgan fingerprint density at radius 1 is 1.33 bits per heavy atom. The second-order valence-electron chi connectivity index (χ2n) is 5.75. The number of anilines is 1. The van der Waals surface area contributed by atoms with Crippen LogP contribution < -0.4 is 16.4 Å². The zero-order chi connectivity index (χ0) is 15.4. The molecule has 0 saturated carbocycles. The van der Waals surface area contributed by atoms with Crippen molar-refractivity contribution >= 4 is 28.2 Å². The molecule has 1 aliphatic carbocycles. The maximum atomic E-state index is 12.3. The van der Waals surface area contributed by atoms with Crippen LogP contribution in [0.25, 0.3) is 0 Å². The van der Waals surface area contributed by atoms with Crippen LogP contribution in [0, 0.1) is 5.92 Å². The van der Waals surface area contributed by atoms with E-state index in [1.807, 2.05) is 13.8 Å². The summed E-state index contributed by atoms with van der Waals surface area (Å²) in [6.45, 7) is 4.86. The molecule has 1 heterocycles. The van der Waals surface area contributed by atoms with Crippen LogP contribution in [0.5, 0.6) is 0 Å². The van der Waals surface area contributed by atoms with Crippen molar-refractivity contribution in [2.24, 2.45) is 11.7 Å². The van der Waals surface area contributed by atoms with Gasteiger partial charge in [-0.05, 0) is 30.7 Å². The molecule has 1 aromatic heterocycles. The maximum absolute atomic E-state index is 12.3. The van der Waals surface area contributed by atoms with E-state index in [2.05, 4.69) is 10.6 Å². The number of fused-ring (bicyclic) bond motifs is 1. The lowest BCUT2D eigenvalue weighted by Gasteiger charge is -2.10. The first-order valence-electron chi connectivity index (χ1n) is 7.45. The van der Waals surface area contributed by atoms with E-state index in [4.69, 9.17) is 5.73 Å². The summed E-state index contributed by atoms with van der Waals surface area (Å²) < 4.78 is 0. The van der Waals surface area contributed by atoms with Crippen molar-refractivity contribution in [1.29, 1.82) is 0 Å². The summed E-state index contributed by atoms with van der Waals surface area (Å²) in [5, 5.41) is 6.42. The van der Waals surface area contributed by atoms with Gasteiger partial charge in [0.05, 0.1) is 5.56 Å². The summed E-state index contributed by atoms with van der Waals surface area (Å²) in [5.74, 6) is 0.142. The number of carbonyl (C=O) groups excluding carboxylic acids is 2. The van der Waals surface area contributed by atoms with Crippen molar-refractivity contribution in [2.75, 3.05) is 18.4 Å². The Bertz CT molecular complexity index is 537. The highest BCUT2D eigenvalue weighted by Crippen LogP contribution is 2.39. The lowest BCUT2D eigenvalue weighted by Crippen LogP contribution is -2.30. The van der Waals surface area contributed by atoms with E-state index in [0.29, 0.717) is 36.0 Å². The average Bonchev–Trinajstić information content (AvgIpc) is 2.94. The van der Waals surface area contributed by atoms with Gasteiger partial charge in [-0.25, -0.2) is 0 Å². The summed E-state index contributed by atoms with van der Waals surface area (Å²) in [6.07, 6.45) is 3.46. The highest BCUT2D eigenvalue weighted by Gasteiger charge is 2.27. The molecule has 0 aromatic carbocycles. The molecule has 0 radical (unpaired) electrons. The van der Waals surface area contributed by atoms with Crippen LogP contribution in [0.4, 0.5) is 5.00 Å². The molecule has 6 heteroatoms. The predicted octanol–water partition coefficient (Wildman–Crippen LogP) is 1.91. The van der Waals surface area contributed by atoms with Crippen molar-refractivity contribution in [3.05, 3.63) is 16.0 Å². The molecule has 0 unspecified atom stereocenters. The van der Waals surface area contributed by atoms with Gasteiger partial charge >= 0.3 is 0 Å². The molecule has 0 saturated heterocycles. The zero-order valence-electron chi connectivity index (χ0n) is 12.6. The van der Waals surface area contributed by atoms with Gasteiger partial charge in [0.25, 0.3) is 5.91 Å². The molecule has 21 heavy (non-hydrogen) atoms. The molecule has 4 N–H and O–H groups in total. The van der Waals surface area contributed by atoms with Gasteiger partial charge in [-0.2, -0.15) is 0 Å². The quantitative estimate of drug-likeness (QED) is 0.750. The van der Waals surface area contributed by atoms with Crippen LogP contribution in [0.15, 0.2) is 0 Å². The normalized spacial score (nSPS) is 13.3. The number of hydrogen-bond acceptors (Lipinski definition) is 4. The van der Waals surface area contributed by atoms with Gasteiger partial charge in [0.15, 0.2) is 0 Å². The van der Waals surface area contributed by atoms with Gasteiger partial charge in [-0.15, -0.1) is 11.3 Å². The highest BCUT2D eigenvalue weighted by molar-refractivity contribution is 7.17. The number of amides is 2. The molecule has 1 aliphatic rings. The summed E-state index contributed by atoms with van der Waals surface area (Å²) in [7, 11) is 0. The second-order valence-corrected chi connectivity index (χ2v) is 6.86. The van der Waals surface area contributed by atoms with Gasteiger partial charge in [0.1, 0.15) is 5.00 Å². The molecular formula is C15H23N3O2S. The van der Waals surface area contributed by atoms with Crippen LogP contribution in [-0.2, 0) is 17.6 Å². The van der Waals surface area contributed by atoms with E-state index in [0.717, 1.165) is 24.8 Å². The first-order valence-corrected chi connectivity index (χ1v) is 8.27. The van der Waals surface area contributed by atoms with Gasteiger partial charge in [0, 0.05) is 24.4 Å². The van der Waals surface area contributed by atoms with Crippen LogP contribution in [0.2, 0.25) is 0 Å². The molecule has 5 nitrogen and oxygen atoms in total. The SMILES string of the molecule is CC(C)CC(=O)Nc1sc2c(c1C(=O)NCCN)CCC2. The van der Waals surface area contributed by atoms with E-state index in [-0.39, 0.29) is 11.8 Å². The number of carbonyl (C=O) groups is 2. The molecule has 0 spiro atoms. The largest absolute Gasteiger partial charge is 0.351 e. The van der Waals surface area contributed by atoms with E-state index in [1.54, 1.807) is 11.3 Å². The summed E-state index contributed by atoms with van der Waals surface area (Å²) in [5.41, 5.74) is 7.19. The first kappa shape index (κ1) is 16.0. The van der Waals surface area contributed by atoms with Crippen molar-refractivity contribution in [1.82, 2.24) is 5.32 Å². The van der Waals surface area contributed by atoms with Crippen molar-refractivity contribution in [3.63, 3.8) is 0 Å². The fraction of sp³-hybridized carbons (Fsp3) is 0.600. The standard InChI is InChI=1S/C15H23N3O2S/c1-9(2)8-12(19)18-15-13(14(20)17-7-6-16)10-4-3-5-11(10)21-15/h9H,3-8,16H2,1-2H3,(H,17,20)(H,18,19). The van der Waals surface area contributed by atoms with Gasteiger partial charge < -0.3 is 16.4 Å². The Morgan fingerprint density at radius 2 is 2.10 bits per heavy atom. The lowest BCUT2D eigenvalue weighted by atomic mass is 10.1. The van der Waals surface area contributed by atoms with Crippen LogP contribution in [-0.4, -0.2) is 24.9 Å². The third-order valence-corrected chi connectivity index (χ3v) is 4.63. The number of thiophene rings is 1. The Labute approximate surface area is 129 Å². The number of nitrogens with one attached hydrogen (secondary N) is 2. The summed E-state index contributed by atoms with van der Waals surface area (Å²) in [4.78, 5) is 25.5. The van der Waals surface area contributed by atoms with E-state index in [9.17, 15) is 9.59 Å². The molecule has 1 aromatic rings. The molecule has 0 atom stereocenters. The van der Waals surface area contributed by atoms with E-state index >= 15 is 0 Å². The predicted molar refractivity (Wildman–Crippen MR) is 85.8 cm³/mol. The average molecular weight is 309 g/mol. The fourth-order valence-corrected chi connectivity index (χ4v) is 3.86. The van der Waals surface area contributed by atoms with E-state index in [1.165, 1.54) is 4.88 Å². The van der Waals surface area contributed by atoms with Crippen molar-refractivity contribution in [3.8, 4) is 0 Å². The zero-order valence-corrected chi connectivity index (χ0v) is 13.4. The molecule has 2 rings (SSSR count). The number of rotatable bonds is 6. The third-order valence-electron chi connectivity index (χ3n) is 3.42. The summed E-state index contributed by atoms with van der Waals surface area (Å²) >= 11 is 1.54.